The molecular weight excluding hydrogens is 335 g/mol. The zero-order chi connectivity index (χ0) is 15.6. The molecule has 1 atom stereocenters. The first-order valence-corrected chi connectivity index (χ1v) is 9.26. The van der Waals surface area contributed by atoms with Gasteiger partial charge in [0.25, 0.3) is 9.05 Å². The number of urea groups is 1. The summed E-state index contributed by atoms with van der Waals surface area (Å²) in [7, 11) is 1.36. The minimum Gasteiger partial charge on any atom is -0.324 e. The molecule has 1 aliphatic heterocycles. The summed E-state index contributed by atoms with van der Waals surface area (Å²) in [5.41, 5.74) is 0.437. The Balaban J connectivity index is 2.10. The number of carbonyl (C=O) groups is 1. The summed E-state index contributed by atoms with van der Waals surface area (Å²) < 4.78 is 22.5. The smallest absolute Gasteiger partial charge is 0.321 e. The van der Waals surface area contributed by atoms with E-state index >= 15 is 0 Å². The topological polar surface area (TPSA) is 66.5 Å². The standard InChI is InChI=1S/C13H16Cl2N2O3S/c1-9-3-2-6-17(8-9)13(18)16-10-4-5-12(11(14)7-10)21(15,19)20/h4-5,7,9H,2-3,6,8H2,1H3,(H,16,18)/t9-/m1/s1. The number of anilines is 1. The van der Waals surface area contributed by atoms with E-state index in [1.54, 1.807) is 4.90 Å². The summed E-state index contributed by atoms with van der Waals surface area (Å²) in [6.45, 7) is 3.54. The van der Waals surface area contributed by atoms with Crippen LogP contribution in [0.5, 0.6) is 0 Å². The van der Waals surface area contributed by atoms with E-state index in [2.05, 4.69) is 12.2 Å². The molecule has 1 aliphatic rings. The maximum absolute atomic E-state index is 12.1. The average Bonchev–Trinajstić information content (AvgIpc) is 2.37. The molecule has 2 amide bonds. The minimum atomic E-state index is -3.89. The molecule has 1 fully saturated rings. The van der Waals surface area contributed by atoms with Gasteiger partial charge in [-0.1, -0.05) is 18.5 Å². The van der Waals surface area contributed by atoms with Crippen LogP contribution in [-0.4, -0.2) is 32.4 Å². The summed E-state index contributed by atoms with van der Waals surface area (Å²) in [5, 5.41) is 2.70. The van der Waals surface area contributed by atoms with Gasteiger partial charge in [0, 0.05) is 29.5 Å². The molecule has 1 saturated heterocycles. The number of halogens is 2. The van der Waals surface area contributed by atoms with Crippen LogP contribution in [0.15, 0.2) is 23.1 Å². The van der Waals surface area contributed by atoms with Crippen LogP contribution in [0.3, 0.4) is 0 Å². The maximum Gasteiger partial charge on any atom is 0.321 e. The van der Waals surface area contributed by atoms with Crippen molar-refractivity contribution in [2.75, 3.05) is 18.4 Å². The molecule has 21 heavy (non-hydrogen) atoms. The normalized spacial score (nSPS) is 19.4. The molecule has 0 saturated carbocycles. The molecule has 8 heteroatoms. The van der Waals surface area contributed by atoms with Crippen molar-refractivity contribution in [1.82, 2.24) is 4.90 Å². The van der Waals surface area contributed by atoms with Crippen molar-refractivity contribution in [3.8, 4) is 0 Å². The van der Waals surface area contributed by atoms with Gasteiger partial charge in [0.15, 0.2) is 0 Å². The van der Waals surface area contributed by atoms with Crippen LogP contribution >= 0.6 is 22.3 Å². The van der Waals surface area contributed by atoms with E-state index in [4.69, 9.17) is 22.3 Å². The first-order valence-electron chi connectivity index (χ1n) is 6.57. The Morgan fingerprint density at radius 3 is 2.71 bits per heavy atom. The number of rotatable bonds is 2. The Morgan fingerprint density at radius 2 is 2.14 bits per heavy atom. The quantitative estimate of drug-likeness (QED) is 0.829. The number of nitrogens with one attached hydrogen (secondary N) is 1. The SMILES string of the molecule is C[C@@H]1CCCN(C(=O)Nc2ccc(S(=O)(=O)Cl)c(Cl)c2)C1. The number of benzene rings is 1. The summed E-state index contributed by atoms with van der Waals surface area (Å²) in [5.74, 6) is 0.483. The lowest BCUT2D eigenvalue weighted by Crippen LogP contribution is -2.41. The van der Waals surface area contributed by atoms with E-state index in [0.29, 0.717) is 18.2 Å². The zero-order valence-electron chi connectivity index (χ0n) is 11.5. The monoisotopic (exact) mass is 350 g/mol. The van der Waals surface area contributed by atoms with Gasteiger partial charge >= 0.3 is 6.03 Å². The molecule has 116 valence electrons. The number of hydrogen-bond donors (Lipinski definition) is 1. The van der Waals surface area contributed by atoms with Gasteiger partial charge in [0.1, 0.15) is 4.90 Å². The van der Waals surface area contributed by atoms with Crippen LogP contribution in [0.25, 0.3) is 0 Å². The average molecular weight is 351 g/mol. The van der Waals surface area contributed by atoms with Crippen molar-refractivity contribution in [3.63, 3.8) is 0 Å². The summed E-state index contributed by atoms with van der Waals surface area (Å²) >= 11 is 5.88. The molecule has 2 rings (SSSR count). The molecule has 1 aromatic carbocycles. The third-order valence-corrected chi connectivity index (χ3v) is 5.19. The highest BCUT2D eigenvalue weighted by Crippen LogP contribution is 2.28. The molecule has 0 radical (unpaired) electrons. The zero-order valence-corrected chi connectivity index (χ0v) is 13.8. The number of hydrogen-bond acceptors (Lipinski definition) is 3. The van der Waals surface area contributed by atoms with E-state index in [1.807, 2.05) is 0 Å². The van der Waals surface area contributed by atoms with Gasteiger partial charge < -0.3 is 10.2 Å². The first-order chi connectivity index (χ1) is 9.77. The fourth-order valence-corrected chi connectivity index (χ4v) is 3.88. The van der Waals surface area contributed by atoms with Gasteiger partial charge in [-0.3, -0.25) is 0 Å². The molecule has 0 bridgehead atoms. The van der Waals surface area contributed by atoms with E-state index in [-0.39, 0.29) is 15.9 Å². The predicted octanol–water partition coefficient (Wildman–Crippen LogP) is 3.53. The van der Waals surface area contributed by atoms with Crippen LogP contribution in [0.4, 0.5) is 10.5 Å². The van der Waals surface area contributed by atoms with Crippen LogP contribution in [-0.2, 0) is 9.05 Å². The highest BCUT2D eigenvalue weighted by molar-refractivity contribution is 8.13. The van der Waals surface area contributed by atoms with Crippen LogP contribution in [0, 0.1) is 5.92 Å². The second-order valence-corrected chi connectivity index (χ2v) is 8.15. The number of amides is 2. The van der Waals surface area contributed by atoms with Crippen LogP contribution in [0.1, 0.15) is 19.8 Å². The molecule has 5 nitrogen and oxygen atoms in total. The molecule has 0 aliphatic carbocycles. The van der Waals surface area contributed by atoms with Crippen LogP contribution in [0.2, 0.25) is 5.02 Å². The Hall–Kier alpha value is -0.980. The van der Waals surface area contributed by atoms with Gasteiger partial charge in [0.2, 0.25) is 0 Å². The van der Waals surface area contributed by atoms with E-state index in [9.17, 15) is 13.2 Å². The van der Waals surface area contributed by atoms with Crippen molar-refractivity contribution >= 4 is 43.1 Å². The lowest BCUT2D eigenvalue weighted by molar-refractivity contribution is 0.182. The largest absolute Gasteiger partial charge is 0.324 e. The van der Waals surface area contributed by atoms with Gasteiger partial charge in [-0.15, -0.1) is 0 Å². The Labute approximate surface area is 133 Å². The predicted molar refractivity (Wildman–Crippen MR) is 83.5 cm³/mol. The molecule has 1 heterocycles. The molecule has 0 spiro atoms. The highest BCUT2D eigenvalue weighted by atomic mass is 35.7. The first kappa shape index (κ1) is 16.4. The van der Waals surface area contributed by atoms with Crippen molar-refractivity contribution in [3.05, 3.63) is 23.2 Å². The number of carbonyl (C=O) groups excluding carboxylic acids is 1. The van der Waals surface area contributed by atoms with Gasteiger partial charge in [-0.2, -0.15) is 0 Å². The third-order valence-electron chi connectivity index (χ3n) is 3.39. The summed E-state index contributed by atoms with van der Waals surface area (Å²) in [6.07, 6.45) is 2.11. The number of likely N-dealkylation sites (tertiary alicyclic amines) is 1. The maximum atomic E-state index is 12.1. The molecule has 1 aromatic rings. The van der Waals surface area contributed by atoms with Gasteiger partial charge in [-0.05, 0) is 37.0 Å². The molecular formula is C13H16Cl2N2O3S. The van der Waals surface area contributed by atoms with Crippen molar-refractivity contribution in [2.24, 2.45) is 5.92 Å². The Morgan fingerprint density at radius 1 is 1.43 bits per heavy atom. The number of piperidine rings is 1. The third kappa shape index (κ3) is 4.25. The molecule has 1 N–H and O–H groups in total. The highest BCUT2D eigenvalue weighted by Gasteiger charge is 2.21. The minimum absolute atomic E-state index is 0.0187. The van der Waals surface area contributed by atoms with E-state index < -0.39 is 9.05 Å². The fourth-order valence-electron chi connectivity index (χ4n) is 2.35. The lowest BCUT2D eigenvalue weighted by Gasteiger charge is -2.30. The number of nitrogens with zero attached hydrogens (tertiary/aromatic N) is 1. The fraction of sp³-hybridized carbons (Fsp3) is 0.462. The van der Waals surface area contributed by atoms with Crippen molar-refractivity contribution in [1.29, 1.82) is 0 Å². The van der Waals surface area contributed by atoms with Gasteiger partial charge in [0.05, 0.1) is 5.02 Å². The second-order valence-electron chi connectivity index (χ2n) is 5.21. The summed E-state index contributed by atoms with van der Waals surface area (Å²) in [6, 6.07) is 3.91. The van der Waals surface area contributed by atoms with Crippen molar-refractivity contribution in [2.45, 2.75) is 24.7 Å². The van der Waals surface area contributed by atoms with Gasteiger partial charge in [-0.25, -0.2) is 13.2 Å². The molecule has 0 aromatic heterocycles. The summed E-state index contributed by atoms with van der Waals surface area (Å²) in [4.78, 5) is 13.7. The van der Waals surface area contributed by atoms with E-state index in [1.165, 1.54) is 18.2 Å². The van der Waals surface area contributed by atoms with Crippen molar-refractivity contribution < 1.29 is 13.2 Å². The molecule has 0 unspecified atom stereocenters. The Bertz CT molecular complexity index is 649. The lowest BCUT2D eigenvalue weighted by atomic mass is 10.0. The second kappa shape index (κ2) is 6.42. The van der Waals surface area contributed by atoms with E-state index in [0.717, 1.165) is 19.4 Å². The Kier molecular flexibility index (Phi) is 5.01. The van der Waals surface area contributed by atoms with Crippen LogP contribution < -0.4 is 5.32 Å².